The normalized spacial score (nSPS) is 10.5. The fourth-order valence-corrected chi connectivity index (χ4v) is 2.27. The van der Waals surface area contributed by atoms with E-state index in [1.54, 1.807) is 0 Å². The van der Waals surface area contributed by atoms with Crippen molar-refractivity contribution in [3.8, 4) is 0 Å². The summed E-state index contributed by atoms with van der Waals surface area (Å²) in [4.78, 5) is 0. The Morgan fingerprint density at radius 3 is 0.818 bits per heavy atom. The van der Waals surface area contributed by atoms with Crippen LogP contribution in [0.3, 0.4) is 0 Å². The summed E-state index contributed by atoms with van der Waals surface area (Å²) in [5.41, 5.74) is 0. The minimum atomic E-state index is -4.67. The summed E-state index contributed by atoms with van der Waals surface area (Å²) in [5.74, 6) is 0. The van der Waals surface area contributed by atoms with Crippen molar-refractivity contribution in [2.75, 3.05) is 0 Å². The zero-order valence-corrected chi connectivity index (χ0v) is 14.8. The van der Waals surface area contributed by atoms with Gasteiger partial charge in [-0.25, -0.2) is 0 Å². The van der Waals surface area contributed by atoms with Crippen molar-refractivity contribution in [2.24, 2.45) is 0 Å². The second-order valence-electron chi connectivity index (χ2n) is 5.69. The summed E-state index contributed by atoms with van der Waals surface area (Å²) >= 11 is 0. The molecule has 0 unspecified atom stereocenters. The zero-order chi connectivity index (χ0) is 16.4. The monoisotopic (exact) mass is 348 g/mol. The average Bonchev–Trinajstić information content (AvgIpc) is 2.38. The Balaban J connectivity index is -0.000000520. The van der Waals surface area contributed by atoms with E-state index >= 15 is 0 Å². The third kappa shape index (κ3) is 42.8. The molecule has 6 heteroatoms. The first-order valence-corrected chi connectivity index (χ1v) is 10.0. The van der Waals surface area contributed by atoms with Gasteiger partial charge in [0.15, 0.2) is 0 Å². The molecule has 0 aromatic rings. The van der Waals surface area contributed by atoms with Crippen molar-refractivity contribution >= 4 is 40.0 Å². The molecule has 22 heavy (non-hydrogen) atoms. The number of hydrogen-bond donors (Lipinski definition) is 2. The average molecular weight is 349 g/mol. The van der Waals surface area contributed by atoms with Gasteiger partial charge in [-0.05, 0) is 0 Å². The molecule has 0 heterocycles. The van der Waals surface area contributed by atoms with E-state index in [4.69, 9.17) is 17.5 Å². The van der Waals surface area contributed by atoms with Crippen molar-refractivity contribution < 1.29 is 17.5 Å². The molecule has 0 saturated carbocycles. The summed E-state index contributed by atoms with van der Waals surface area (Å²) in [7, 11) is -4.67. The molecule has 2 N–H and O–H groups in total. The van der Waals surface area contributed by atoms with E-state index in [2.05, 4.69) is 13.8 Å². The van der Waals surface area contributed by atoms with Gasteiger partial charge in [0.2, 0.25) is 0 Å². The molecule has 0 radical (unpaired) electrons. The first-order valence-electron chi connectivity index (χ1n) is 8.61. The molecule has 0 aliphatic carbocycles. The van der Waals surface area contributed by atoms with Crippen LogP contribution in [0, 0.1) is 0 Å². The number of unbranched alkanes of at least 4 members (excludes halogenated alkanes) is 13. The predicted molar refractivity (Wildman–Crippen MR) is 97.3 cm³/mol. The van der Waals surface area contributed by atoms with Crippen LogP contribution >= 0.6 is 0 Å². The van der Waals surface area contributed by atoms with Gasteiger partial charge in [-0.2, -0.15) is 8.42 Å². The molecule has 0 spiro atoms. The van der Waals surface area contributed by atoms with Crippen molar-refractivity contribution in [2.45, 2.75) is 104 Å². The molecule has 0 aliphatic heterocycles. The molecule has 0 atom stereocenters. The van der Waals surface area contributed by atoms with Crippen LogP contribution in [0.1, 0.15) is 104 Å². The van der Waals surface area contributed by atoms with Gasteiger partial charge in [0.25, 0.3) is 0 Å². The molecule has 0 saturated heterocycles. The van der Waals surface area contributed by atoms with Gasteiger partial charge >= 0.3 is 40.0 Å². The first kappa shape index (κ1) is 27.7. The maximum atomic E-state index is 8.74. The van der Waals surface area contributed by atoms with Crippen LogP contribution in [0.15, 0.2) is 0 Å². The molecule has 0 aliphatic rings. The molecular weight excluding hydrogens is 311 g/mol. The Hall–Kier alpha value is 0.870. The van der Waals surface area contributed by atoms with Crippen LogP contribution in [0.4, 0.5) is 0 Å². The fraction of sp³-hybridized carbons (Fsp3) is 1.00. The molecule has 132 valence electrons. The molecule has 0 amide bonds. The Morgan fingerprint density at radius 2 is 0.682 bits per heavy atom. The van der Waals surface area contributed by atoms with E-state index < -0.39 is 10.4 Å². The van der Waals surface area contributed by atoms with Crippen LogP contribution in [-0.4, -0.2) is 47.1 Å². The summed E-state index contributed by atoms with van der Waals surface area (Å²) in [6.45, 7) is 4.58. The quantitative estimate of drug-likeness (QED) is 0.273. The van der Waals surface area contributed by atoms with Gasteiger partial charge in [-0.3, -0.25) is 9.11 Å². The van der Waals surface area contributed by atoms with Gasteiger partial charge in [0.1, 0.15) is 0 Å². The minimum absolute atomic E-state index is 0. The summed E-state index contributed by atoms with van der Waals surface area (Å²) < 4.78 is 31.6. The van der Waals surface area contributed by atoms with Gasteiger partial charge in [0.05, 0.1) is 0 Å². The fourth-order valence-electron chi connectivity index (χ4n) is 2.27. The standard InChI is InChI=1S/C16H34.Na.H2O4S.H/c1-3-5-7-9-11-13-15-16-14-12-10-8-6-4-2;;1-5(2,3)4;/h3-16H2,1-2H3;;(H2,1,2,3,4);. The summed E-state index contributed by atoms with van der Waals surface area (Å²) in [6, 6.07) is 0. The Kier molecular flexibility index (Phi) is 27.5. The summed E-state index contributed by atoms with van der Waals surface area (Å²) in [5, 5.41) is 0. The first-order chi connectivity index (χ1) is 9.91. The Bertz CT molecular complexity index is 260. The van der Waals surface area contributed by atoms with Gasteiger partial charge in [0, 0.05) is 0 Å². The maximum absolute atomic E-state index is 8.74. The third-order valence-corrected chi connectivity index (χ3v) is 3.46. The zero-order valence-electron chi connectivity index (χ0n) is 14.0. The molecular formula is C16H37NaO4S. The van der Waals surface area contributed by atoms with Crippen LogP contribution in [0.5, 0.6) is 0 Å². The van der Waals surface area contributed by atoms with Crippen molar-refractivity contribution in [3.63, 3.8) is 0 Å². The Morgan fingerprint density at radius 1 is 0.545 bits per heavy atom. The topological polar surface area (TPSA) is 74.6 Å². The van der Waals surface area contributed by atoms with E-state index in [1.165, 1.54) is 89.9 Å². The molecule has 4 nitrogen and oxygen atoms in total. The SMILES string of the molecule is CCCCCCCCCCCCCCCC.O=S(=O)(O)O.[NaH]. The third-order valence-electron chi connectivity index (χ3n) is 3.46. The van der Waals surface area contributed by atoms with Gasteiger partial charge < -0.3 is 0 Å². The van der Waals surface area contributed by atoms with Crippen LogP contribution < -0.4 is 0 Å². The van der Waals surface area contributed by atoms with Crippen molar-refractivity contribution in [1.82, 2.24) is 0 Å². The summed E-state index contributed by atoms with van der Waals surface area (Å²) in [6.07, 6.45) is 20.4. The van der Waals surface area contributed by atoms with E-state index in [9.17, 15) is 0 Å². The second kappa shape index (κ2) is 21.9. The number of hydrogen-bond acceptors (Lipinski definition) is 2. The van der Waals surface area contributed by atoms with Crippen LogP contribution in [0.25, 0.3) is 0 Å². The van der Waals surface area contributed by atoms with Crippen LogP contribution in [-0.2, 0) is 10.4 Å². The second-order valence-corrected chi connectivity index (χ2v) is 6.59. The Labute approximate surface area is 160 Å². The predicted octanol–water partition coefficient (Wildman–Crippen LogP) is 5.19. The van der Waals surface area contributed by atoms with E-state index in [0.717, 1.165) is 0 Å². The van der Waals surface area contributed by atoms with Gasteiger partial charge in [-0.15, -0.1) is 0 Å². The van der Waals surface area contributed by atoms with Crippen LogP contribution in [0.2, 0.25) is 0 Å². The van der Waals surface area contributed by atoms with Crippen molar-refractivity contribution in [1.29, 1.82) is 0 Å². The molecule has 0 aromatic heterocycles. The van der Waals surface area contributed by atoms with E-state index in [0.29, 0.717) is 0 Å². The molecule has 0 rings (SSSR count). The van der Waals surface area contributed by atoms with E-state index in [1.807, 2.05) is 0 Å². The number of rotatable bonds is 13. The molecule has 0 fully saturated rings. The van der Waals surface area contributed by atoms with Gasteiger partial charge in [-0.1, -0.05) is 104 Å². The molecule has 0 aromatic carbocycles. The molecule has 0 bridgehead atoms. The van der Waals surface area contributed by atoms with Crippen molar-refractivity contribution in [3.05, 3.63) is 0 Å². The van der Waals surface area contributed by atoms with E-state index in [-0.39, 0.29) is 29.6 Å².